The number of amides is 1. The van der Waals surface area contributed by atoms with Gasteiger partial charge in [-0.15, -0.1) is 0 Å². The number of nitrogens with zero attached hydrogens (tertiary/aromatic N) is 1. The molecule has 0 bridgehead atoms. The molecule has 2 heterocycles. The number of benzene rings is 1. The van der Waals surface area contributed by atoms with E-state index in [0.717, 1.165) is 20.6 Å². The van der Waals surface area contributed by atoms with Crippen LogP contribution in [0.5, 0.6) is 0 Å². The van der Waals surface area contributed by atoms with E-state index in [2.05, 4.69) is 19.9 Å². The van der Waals surface area contributed by atoms with Gasteiger partial charge in [0, 0.05) is 18.1 Å². The smallest absolute Gasteiger partial charge is 0.224 e. The van der Waals surface area contributed by atoms with Crippen molar-refractivity contribution in [1.29, 1.82) is 0 Å². The van der Waals surface area contributed by atoms with Gasteiger partial charge in [0.2, 0.25) is 5.91 Å². The van der Waals surface area contributed by atoms with Crippen LogP contribution in [0.15, 0.2) is 24.3 Å². The van der Waals surface area contributed by atoms with Gasteiger partial charge in [-0.05, 0) is 19.9 Å². The number of carbonyl (C=O) groups is 1. The number of fused-ring (bicyclic) bond motifs is 3. The topological polar surface area (TPSA) is 20.3 Å². The minimum atomic E-state index is -0.340. The average molecular weight is 307 g/mol. The Morgan fingerprint density at radius 1 is 1.26 bits per heavy atom. The summed E-state index contributed by atoms with van der Waals surface area (Å²) in [5, 5.41) is 0. The normalized spacial score (nSPS) is 15.8. The molecule has 2 nitrogen and oxygen atoms in total. The first-order valence-corrected chi connectivity index (χ1v) is 8.54. The highest BCUT2D eigenvalue weighted by molar-refractivity contribution is 7.80. The van der Waals surface area contributed by atoms with Gasteiger partial charge in [-0.3, -0.25) is 4.79 Å². The highest BCUT2D eigenvalue weighted by Crippen LogP contribution is 2.51. The van der Waals surface area contributed by atoms with Gasteiger partial charge < -0.3 is 4.90 Å². The minimum Gasteiger partial charge on any atom is -0.302 e. The largest absolute Gasteiger partial charge is 0.302 e. The molecule has 0 saturated carbocycles. The average Bonchev–Trinajstić information content (AvgIpc) is 2.72. The molecule has 1 aliphatic rings. The Morgan fingerprint density at radius 3 is 2.63 bits per heavy atom. The molecule has 3 rings (SSSR count). The van der Waals surface area contributed by atoms with Crippen molar-refractivity contribution in [3.8, 4) is 11.1 Å². The van der Waals surface area contributed by atoms with Crippen LogP contribution in [-0.4, -0.2) is 5.91 Å². The summed E-state index contributed by atoms with van der Waals surface area (Å²) in [4.78, 5) is 15.2. The van der Waals surface area contributed by atoms with E-state index in [-0.39, 0.29) is 11.4 Å². The van der Waals surface area contributed by atoms with Crippen LogP contribution in [0.1, 0.15) is 25.6 Å². The molecule has 1 aliphatic heterocycles. The first kappa shape index (κ1) is 13.0. The Labute approximate surface area is 124 Å². The summed E-state index contributed by atoms with van der Waals surface area (Å²) < 4.78 is 0.920. The van der Waals surface area contributed by atoms with Gasteiger partial charge >= 0.3 is 0 Å². The number of anilines is 1. The van der Waals surface area contributed by atoms with E-state index in [0.29, 0.717) is 0 Å². The SMILES string of the molecule is CC(=O)N1c2ccccc2-c2c(ssc2=S)C1(C)C. The standard InChI is InChI=1S/C14H13NOS3/c1-8(16)15-10-7-5-4-6-9(10)11-12(14(15,2)3)18-19-13(11)17/h4-7H,1-3H3. The van der Waals surface area contributed by atoms with Crippen LogP contribution in [0.3, 0.4) is 0 Å². The molecule has 5 heteroatoms. The third-order valence-electron chi connectivity index (χ3n) is 3.48. The summed E-state index contributed by atoms with van der Waals surface area (Å²) in [6.45, 7) is 5.79. The monoisotopic (exact) mass is 307 g/mol. The van der Waals surface area contributed by atoms with E-state index >= 15 is 0 Å². The second-order valence-corrected chi connectivity index (χ2v) is 7.91. The molecule has 19 heavy (non-hydrogen) atoms. The van der Waals surface area contributed by atoms with E-state index in [1.807, 2.05) is 23.1 Å². The van der Waals surface area contributed by atoms with Crippen LogP contribution in [0.4, 0.5) is 5.69 Å². The van der Waals surface area contributed by atoms with E-state index in [4.69, 9.17) is 12.2 Å². The molecular weight excluding hydrogens is 294 g/mol. The highest BCUT2D eigenvalue weighted by atomic mass is 32.9. The van der Waals surface area contributed by atoms with Crippen molar-refractivity contribution in [2.45, 2.75) is 26.3 Å². The van der Waals surface area contributed by atoms with Gasteiger partial charge in [-0.1, -0.05) is 51.1 Å². The molecule has 0 saturated heterocycles. The minimum absolute atomic E-state index is 0.0624. The molecule has 0 spiro atoms. The maximum atomic E-state index is 12.1. The van der Waals surface area contributed by atoms with E-state index in [1.165, 1.54) is 4.88 Å². The second-order valence-electron chi connectivity index (χ2n) is 5.09. The van der Waals surface area contributed by atoms with Crippen molar-refractivity contribution in [2.75, 3.05) is 4.90 Å². The van der Waals surface area contributed by atoms with Gasteiger partial charge in [0.05, 0.1) is 16.1 Å². The molecule has 0 atom stereocenters. The fourth-order valence-corrected chi connectivity index (χ4v) is 6.02. The number of rotatable bonds is 0. The van der Waals surface area contributed by atoms with Gasteiger partial charge in [0.15, 0.2) is 0 Å². The lowest BCUT2D eigenvalue weighted by molar-refractivity contribution is -0.117. The molecular formula is C14H13NOS3. The molecule has 0 aliphatic carbocycles. The van der Waals surface area contributed by atoms with Crippen LogP contribution < -0.4 is 4.90 Å². The maximum absolute atomic E-state index is 12.1. The quantitative estimate of drug-likeness (QED) is 0.514. The first-order chi connectivity index (χ1) is 8.94. The van der Waals surface area contributed by atoms with Crippen LogP contribution in [0.2, 0.25) is 0 Å². The molecule has 1 aromatic heterocycles. The molecule has 1 amide bonds. The Hall–Kier alpha value is -1.04. The summed E-state index contributed by atoms with van der Waals surface area (Å²) in [7, 11) is 3.31. The Kier molecular flexibility index (Phi) is 2.89. The van der Waals surface area contributed by atoms with Crippen LogP contribution in [0, 0.1) is 3.82 Å². The van der Waals surface area contributed by atoms with Gasteiger partial charge in [0.1, 0.15) is 3.82 Å². The Bertz CT molecular complexity index is 726. The number of hydrogen-bond donors (Lipinski definition) is 0. The lowest BCUT2D eigenvalue weighted by Gasteiger charge is -2.42. The molecule has 0 unspecified atom stereocenters. The highest BCUT2D eigenvalue weighted by Gasteiger charge is 2.41. The van der Waals surface area contributed by atoms with E-state index < -0.39 is 0 Å². The van der Waals surface area contributed by atoms with Crippen molar-refractivity contribution >= 4 is 44.5 Å². The van der Waals surface area contributed by atoms with Gasteiger partial charge in [-0.2, -0.15) is 0 Å². The van der Waals surface area contributed by atoms with Crippen LogP contribution >= 0.6 is 32.9 Å². The van der Waals surface area contributed by atoms with Crippen LogP contribution in [-0.2, 0) is 10.3 Å². The van der Waals surface area contributed by atoms with E-state index in [1.54, 1.807) is 27.6 Å². The van der Waals surface area contributed by atoms with Crippen molar-refractivity contribution in [1.82, 2.24) is 0 Å². The Balaban J connectivity index is 2.43. The van der Waals surface area contributed by atoms with Crippen molar-refractivity contribution in [3.63, 3.8) is 0 Å². The molecule has 98 valence electrons. The predicted molar refractivity (Wildman–Crippen MR) is 84.7 cm³/mol. The fourth-order valence-electron chi connectivity index (χ4n) is 2.74. The summed E-state index contributed by atoms with van der Waals surface area (Å²) in [5.74, 6) is 0.0624. The third-order valence-corrected chi connectivity index (χ3v) is 6.81. The van der Waals surface area contributed by atoms with Crippen molar-refractivity contribution < 1.29 is 4.79 Å². The predicted octanol–water partition coefficient (Wildman–Crippen LogP) is 4.81. The van der Waals surface area contributed by atoms with Crippen molar-refractivity contribution in [2.24, 2.45) is 0 Å². The zero-order valence-electron chi connectivity index (χ0n) is 10.9. The lowest BCUT2D eigenvalue weighted by atomic mass is 9.87. The Morgan fingerprint density at radius 2 is 1.95 bits per heavy atom. The molecule has 0 fully saturated rings. The number of carbonyl (C=O) groups excluding carboxylic acids is 1. The first-order valence-electron chi connectivity index (χ1n) is 5.98. The second kappa shape index (κ2) is 4.23. The van der Waals surface area contributed by atoms with Crippen LogP contribution in [0.25, 0.3) is 11.1 Å². The number of hydrogen-bond acceptors (Lipinski definition) is 4. The zero-order valence-corrected chi connectivity index (χ0v) is 13.3. The van der Waals surface area contributed by atoms with Gasteiger partial charge in [0.25, 0.3) is 0 Å². The fraction of sp³-hybridized carbons (Fsp3) is 0.286. The van der Waals surface area contributed by atoms with E-state index in [9.17, 15) is 4.79 Å². The molecule has 2 aromatic rings. The summed E-state index contributed by atoms with van der Waals surface area (Å²) in [6.07, 6.45) is 0. The molecule has 0 radical (unpaired) electrons. The molecule has 0 N–H and O–H groups in total. The maximum Gasteiger partial charge on any atom is 0.224 e. The summed E-state index contributed by atoms with van der Waals surface area (Å²) in [5.41, 5.74) is 2.84. The third kappa shape index (κ3) is 1.72. The van der Waals surface area contributed by atoms with Crippen molar-refractivity contribution in [3.05, 3.63) is 33.0 Å². The summed E-state index contributed by atoms with van der Waals surface area (Å²) in [6, 6.07) is 8.01. The zero-order chi connectivity index (χ0) is 13.8. The summed E-state index contributed by atoms with van der Waals surface area (Å²) >= 11 is 5.48. The van der Waals surface area contributed by atoms with Gasteiger partial charge in [-0.25, -0.2) is 0 Å². The molecule has 1 aromatic carbocycles. The number of para-hydroxylation sites is 1. The lowest BCUT2D eigenvalue weighted by Crippen LogP contribution is -2.46.